The molecule has 118 valence electrons. The number of hydrogen-bond acceptors (Lipinski definition) is 6. The highest BCUT2D eigenvalue weighted by Gasteiger charge is 2.17. The normalized spacial score (nSPS) is 12.3. The van der Waals surface area contributed by atoms with Gasteiger partial charge in [0.15, 0.2) is 8.68 Å². The number of nitrogens with one attached hydrogen (secondary N) is 1. The molecule has 0 saturated carbocycles. The Balaban J connectivity index is 1.66. The summed E-state index contributed by atoms with van der Waals surface area (Å²) in [6.07, 6.45) is 1.96. The van der Waals surface area contributed by atoms with Crippen LogP contribution in [0.1, 0.15) is 6.92 Å². The fourth-order valence-corrected chi connectivity index (χ4v) is 4.63. The van der Waals surface area contributed by atoms with Crippen LogP contribution in [0.4, 0.5) is 5.69 Å². The molecule has 0 aliphatic heterocycles. The van der Waals surface area contributed by atoms with Gasteiger partial charge in [-0.25, -0.2) is 0 Å². The molecule has 0 radical (unpaired) electrons. The third-order valence-corrected chi connectivity index (χ3v) is 6.31. The minimum atomic E-state index is -0.232. The Morgan fingerprint density at radius 1 is 1.13 bits per heavy atom. The number of benzene rings is 2. The van der Waals surface area contributed by atoms with E-state index < -0.39 is 0 Å². The van der Waals surface area contributed by atoms with E-state index in [1.165, 1.54) is 23.1 Å². The van der Waals surface area contributed by atoms with Crippen molar-refractivity contribution >= 4 is 57.2 Å². The van der Waals surface area contributed by atoms with E-state index in [1.54, 1.807) is 11.8 Å². The first-order chi connectivity index (χ1) is 11.2. The molecule has 1 unspecified atom stereocenters. The van der Waals surface area contributed by atoms with Gasteiger partial charge in [0.1, 0.15) is 0 Å². The molecular formula is C16H15N3OS3. The molecule has 0 spiro atoms. The molecule has 0 aliphatic carbocycles. The second kappa shape index (κ2) is 7.33. The molecule has 23 heavy (non-hydrogen) atoms. The molecule has 0 bridgehead atoms. The van der Waals surface area contributed by atoms with Gasteiger partial charge in [-0.2, -0.15) is 0 Å². The van der Waals surface area contributed by atoms with Gasteiger partial charge in [0.25, 0.3) is 0 Å². The van der Waals surface area contributed by atoms with Gasteiger partial charge in [-0.15, -0.1) is 10.2 Å². The number of thioether (sulfide) groups is 2. The van der Waals surface area contributed by atoms with Gasteiger partial charge >= 0.3 is 0 Å². The Bertz CT molecular complexity index is 834. The van der Waals surface area contributed by atoms with E-state index >= 15 is 0 Å². The van der Waals surface area contributed by atoms with Crippen LogP contribution in [0.3, 0.4) is 0 Å². The number of hydrogen-bond donors (Lipinski definition) is 1. The van der Waals surface area contributed by atoms with E-state index in [2.05, 4.69) is 21.6 Å². The minimum absolute atomic E-state index is 0.0359. The largest absolute Gasteiger partial charge is 0.325 e. The molecule has 0 aliphatic rings. The highest BCUT2D eigenvalue weighted by Crippen LogP contribution is 2.30. The lowest BCUT2D eigenvalue weighted by Crippen LogP contribution is -2.22. The summed E-state index contributed by atoms with van der Waals surface area (Å²) in [5, 5.41) is 13.1. The maximum absolute atomic E-state index is 12.3. The standard InChI is InChI=1S/C16H15N3OS3/c1-10(22-16-19-18-15(21-2)23-16)14(20)17-13-8-7-11-5-3-4-6-12(11)9-13/h3-10H,1-2H3,(H,17,20). The number of anilines is 1. The average Bonchev–Trinajstić information content (AvgIpc) is 3.02. The molecule has 3 rings (SSSR count). The van der Waals surface area contributed by atoms with E-state index in [0.717, 1.165) is 25.1 Å². The molecule has 4 nitrogen and oxygen atoms in total. The second-order valence-electron chi connectivity index (χ2n) is 4.85. The fourth-order valence-electron chi connectivity index (χ4n) is 2.04. The third kappa shape index (κ3) is 4.04. The van der Waals surface area contributed by atoms with Crippen molar-refractivity contribution in [3.8, 4) is 0 Å². The van der Waals surface area contributed by atoms with E-state index in [0.29, 0.717) is 0 Å². The van der Waals surface area contributed by atoms with Gasteiger partial charge in [0.2, 0.25) is 5.91 Å². The van der Waals surface area contributed by atoms with Crippen LogP contribution in [0.2, 0.25) is 0 Å². The number of rotatable bonds is 5. The topological polar surface area (TPSA) is 54.9 Å². The van der Waals surface area contributed by atoms with Crippen LogP contribution < -0.4 is 5.32 Å². The van der Waals surface area contributed by atoms with Crippen molar-refractivity contribution in [2.75, 3.05) is 11.6 Å². The maximum Gasteiger partial charge on any atom is 0.237 e. The van der Waals surface area contributed by atoms with Crippen LogP contribution in [0.25, 0.3) is 10.8 Å². The van der Waals surface area contributed by atoms with E-state index in [4.69, 9.17) is 0 Å². The summed E-state index contributed by atoms with van der Waals surface area (Å²) in [5.41, 5.74) is 0.809. The molecule has 2 aromatic carbocycles. The zero-order chi connectivity index (χ0) is 16.2. The molecule has 0 saturated heterocycles. The minimum Gasteiger partial charge on any atom is -0.325 e. The smallest absolute Gasteiger partial charge is 0.237 e. The van der Waals surface area contributed by atoms with Crippen molar-refractivity contribution in [1.29, 1.82) is 0 Å². The maximum atomic E-state index is 12.3. The first-order valence-electron chi connectivity index (χ1n) is 6.99. The Morgan fingerprint density at radius 3 is 2.61 bits per heavy atom. The van der Waals surface area contributed by atoms with Gasteiger partial charge in [0.05, 0.1) is 5.25 Å². The summed E-state index contributed by atoms with van der Waals surface area (Å²) in [4.78, 5) is 12.3. The zero-order valence-corrected chi connectivity index (χ0v) is 15.1. The lowest BCUT2D eigenvalue weighted by Gasteiger charge is -2.11. The Morgan fingerprint density at radius 2 is 1.87 bits per heavy atom. The Hall–Kier alpha value is -1.57. The molecule has 7 heteroatoms. The molecule has 1 atom stereocenters. The summed E-state index contributed by atoms with van der Waals surface area (Å²) in [5.74, 6) is -0.0359. The lowest BCUT2D eigenvalue weighted by atomic mass is 10.1. The SMILES string of the molecule is CSc1nnc(SC(C)C(=O)Nc2ccc3ccccc3c2)s1. The number of fused-ring (bicyclic) bond motifs is 1. The van der Waals surface area contributed by atoms with Crippen molar-refractivity contribution < 1.29 is 4.79 Å². The van der Waals surface area contributed by atoms with E-state index in [9.17, 15) is 4.79 Å². The molecule has 0 fully saturated rings. The molecule has 3 aromatic rings. The summed E-state index contributed by atoms with van der Waals surface area (Å²) in [6, 6.07) is 14.0. The predicted octanol–water partition coefficient (Wildman–Crippen LogP) is 4.53. The highest BCUT2D eigenvalue weighted by atomic mass is 32.2. The van der Waals surface area contributed by atoms with Crippen LogP contribution in [-0.2, 0) is 4.79 Å². The molecule has 1 N–H and O–H groups in total. The fraction of sp³-hybridized carbons (Fsp3) is 0.188. The lowest BCUT2D eigenvalue weighted by molar-refractivity contribution is -0.115. The summed E-state index contributed by atoms with van der Waals surface area (Å²) >= 11 is 4.50. The van der Waals surface area contributed by atoms with Crippen LogP contribution in [-0.4, -0.2) is 27.6 Å². The van der Waals surface area contributed by atoms with Crippen molar-refractivity contribution in [2.24, 2.45) is 0 Å². The van der Waals surface area contributed by atoms with Gasteiger partial charge in [0, 0.05) is 5.69 Å². The van der Waals surface area contributed by atoms with Crippen LogP contribution in [0.15, 0.2) is 51.1 Å². The molecule has 1 heterocycles. The number of carbonyl (C=O) groups is 1. The van der Waals surface area contributed by atoms with Gasteiger partial charge < -0.3 is 5.32 Å². The first kappa shape index (κ1) is 16.3. The third-order valence-electron chi connectivity index (χ3n) is 3.23. The quantitative estimate of drug-likeness (QED) is 0.677. The number of nitrogens with zero attached hydrogens (tertiary/aromatic N) is 2. The average molecular weight is 362 g/mol. The highest BCUT2D eigenvalue weighted by molar-refractivity contribution is 8.03. The van der Waals surface area contributed by atoms with Gasteiger partial charge in [-0.1, -0.05) is 65.2 Å². The van der Waals surface area contributed by atoms with E-state index in [1.807, 2.05) is 49.6 Å². The summed E-state index contributed by atoms with van der Waals surface area (Å²) in [6.45, 7) is 1.88. The van der Waals surface area contributed by atoms with Crippen LogP contribution in [0.5, 0.6) is 0 Å². The monoisotopic (exact) mass is 361 g/mol. The number of amides is 1. The summed E-state index contributed by atoms with van der Waals surface area (Å²) in [7, 11) is 0. The van der Waals surface area contributed by atoms with Gasteiger partial charge in [-0.05, 0) is 36.1 Å². The molecular weight excluding hydrogens is 346 g/mol. The van der Waals surface area contributed by atoms with Gasteiger partial charge in [-0.3, -0.25) is 4.79 Å². The van der Waals surface area contributed by atoms with Crippen LogP contribution in [0, 0.1) is 0 Å². The number of aromatic nitrogens is 2. The van der Waals surface area contributed by atoms with Crippen LogP contribution >= 0.6 is 34.9 Å². The molecule has 1 amide bonds. The van der Waals surface area contributed by atoms with Crippen molar-refractivity contribution in [2.45, 2.75) is 20.9 Å². The van der Waals surface area contributed by atoms with E-state index in [-0.39, 0.29) is 11.2 Å². The zero-order valence-electron chi connectivity index (χ0n) is 12.6. The first-order valence-corrected chi connectivity index (χ1v) is 9.91. The van der Waals surface area contributed by atoms with Crippen molar-refractivity contribution in [3.63, 3.8) is 0 Å². The predicted molar refractivity (Wildman–Crippen MR) is 99.6 cm³/mol. The Kier molecular flexibility index (Phi) is 5.20. The number of carbonyl (C=O) groups excluding carboxylic acids is 1. The van der Waals surface area contributed by atoms with Crippen molar-refractivity contribution in [1.82, 2.24) is 10.2 Å². The van der Waals surface area contributed by atoms with Crippen molar-refractivity contribution in [3.05, 3.63) is 42.5 Å². The Labute approximate surface area is 147 Å². The second-order valence-corrected chi connectivity index (χ2v) is 8.47. The molecule has 1 aromatic heterocycles. The summed E-state index contributed by atoms with van der Waals surface area (Å²) < 4.78 is 1.73.